The minimum atomic E-state index is -4.70. The smallest absolute Gasteiger partial charge is 0.308 e. The zero-order valence-electron chi connectivity index (χ0n) is 46.0. The van der Waals surface area contributed by atoms with Crippen LogP contribution < -0.4 is 0 Å². The highest BCUT2D eigenvalue weighted by Gasteiger charge is 2.33. The lowest BCUT2D eigenvalue weighted by atomic mass is 9.97. The molecule has 0 amide bonds. The van der Waals surface area contributed by atoms with Crippen LogP contribution in [0.3, 0.4) is 0 Å². The molecule has 0 aliphatic carbocycles. The van der Waals surface area contributed by atoms with Gasteiger partial charge in [0, 0.05) is 38.2 Å². The van der Waals surface area contributed by atoms with E-state index in [1.807, 2.05) is 168 Å². The normalized spacial score (nSPS) is 11.7. The molecule has 15 aromatic rings. The maximum Gasteiger partial charge on any atom is 0.416 e. The van der Waals surface area contributed by atoms with Crippen LogP contribution in [0.4, 0.5) is 13.2 Å². The van der Waals surface area contributed by atoms with Gasteiger partial charge in [0.2, 0.25) is 0 Å². The van der Waals surface area contributed by atoms with E-state index in [9.17, 15) is 5.26 Å². The van der Waals surface area contributed by atoms with Gasteiger partial charge >= 0.3 is 6.18 Å². The number of hydrogen-bond acceptors (Lipinski definition) is 4. The molecule has 86 heavy (non-hydrogen) atoms. The van der Waals surface area contributed by atoms with Gasteiger partial charge in [-0.3, -0.25) is 0 Å². The van der Waals surface area contributed by atoms with Crippen LogP contribution in [0.5, 0.6) is 0 Å². The fraction of sp³-hybridized carbons (Fsp3) is 0.0130. The van der Waals surface area contributed by atoms with E-state index in [2.05, 4.69) is 114 Å². The van der Waals surface area contributed by atoms with Crippen LogP contribution in [-0.4, -0.2) is 24.1 Å². The van der Waals surface area contributed by atoms with E-state index in [4.69, 9.17) is 15.0 Å². The molecule has 0 unspecified atom stereocenters. The standard InChI is InChI=1S/C77H47F3N6/c78-77(79,80)60-35-37-63(73(47-60)86-70-40-33-56(51-22-10-3-11-23-51)44-66(70)67-45-57(34-41-71(67)86)52-24-12-4-13-25-52)76-83-74(53-26-14-5-15-27-53)82-75(84-76)62-36-30-58(61-29-17-16-28-59(61)48-81)46-72(62)85-68-38-31-54(49-18-6-1-7-19-49)42-64(68)65-43-55(32-39-69(65)85)50-20-8-2-9-21-50/h1-47H. The molecule has 0 saturated carbocycles. The summed E-state index contributed by atoms with van der Waals surface area (Å²) in [5, 5.41) is 14.3. The number of nitriles is 1. The summed E-state index contributed by atoms with van der Waals surface area (Å²) in [5.41, 5.74) is 15.3. The predicted octanol–water partition coefficient (Wildman–Crippen LogP) is 20.3. The third-order valence-electron chi connectivity index (χ3n) is 16.3. The van der Waals surface area contributed by atoms with Crippen LogP contribution in [0.1, 0.15) is 11.1 Å². The molecule has 12 aromatic carbocycles. The van der Waals surface area contributed by atoms with Gasteiger partial charge in [0.1, 0.15) is 0 Å². The van der Waals surface area contributed by atoms with Crippen molar-refractivity contribution in [3.8, 4) is 107 Å². The molecule has 406 valence electrons. The molecule has 3 heterocycles. The Morgan fingerprint density at radius 3 is 1.02 bits per heavy atom. The number of hydrogen-bond donors (Lipinski definition) is 0. The summed E-state index contributed by atoms with van der Waals surface area (Å²) in [7, 11) is 0. The Morgan fingerprint density at radius 1 is 0.291 bits per heavy atom. The first-order valence-electron chi connectivity index (χ1n) is 28.3. The first-order valence-corrected chi connectivity index (χ1v) is 28.3. The van der Waals surface area contributed by atoms with E-state index < -0.39 is 11.7 Å². The van der Waals surface area contributed by atoms with Gasteiger partial charge in [-0.1, -0.05) is 200 Å². The monoisotopic (exact) mass is 1110 g/mol. The van der Waals surface area contributed by atoms with Crippen molar-refractivity contribution in [1.82, 2.24) is 24.1 Å². The molecular formula is C77H47F3N6. The summed E-state index contributed by atoms with van der Waals surface area (Å²) in [6.07, 6.45) is -4.70. The topological polar surface area (TPSA) is 72.3 Å². The Hall–Kier alpha value is -11.5. The molecule has 3 aromatic heterocycles. The molecule has 0 N–H and O–H groups in total. The van der Waals surface area contributed by atoms with E-state index in [1.54, 1.807) is 0 Å². The summed E-state index contributed by atoms with van der Waals surface area (Å²) < 4.78 is 50.3. The SMILES string of the molecule is N#Cc1ccccc1-c1ccc(-c2nc(-c3ccccc3)nc(-c3ccc(C(F)(F)F)cc3-n3c4ccc(-c5ccccc5)cc4c4cc(-c5ccccc5)ccc43)n2)c(-n2c3ccc(-c4ccccc4)cc3c3cc(-c4ccccc4)ccc32)c1. The molecule has 0 saturated heterocycles. The molecule has 0 radical (unpaired) electrons. The molecule has 0 bridgehead atoms. The maximum atomic E-state index is 15.4. The van der Waals surface area contributed by atoms with Crippen LogP contribution in [0, 0.1) is 11.3 Å². The zero-order valence-corrected chi connectivity index (χ0v) is 46.0. The quantitative estimate of drug-likeness (QED) is 0.137. The van der Waals surface area contributed by atoms with E-state index in [1.165, 1.54) is 12.1 Å². The summed E-state index contributed by atoms with van der Waals surface area (Å²) in [6, 6.07) is 95.5. The first-order chi connectivity index (χ1) is 42.2. The molecule has 0 fully saturated rings. The summed E-state index contributed by atoms with van der Waals surface area (Å²) >= 11 is 0. The zero-order chi connectivity index (χ0) is 57.9. The Bertz CT molecular complexity index is 4950. The molecule has 6 nitrogen and oxygen atoms in total. The second-order valence-corrected chi connectivity index (χ2v) is 21.4. The van der Waals surface area contributed by atoms with Gasteiger partial charge in [-0.25, -0.2) is 15.0 Å². The van der Waals surface area contributed by atoms with Crippen molar-refractivity contribution in [2.75, 3.05) is 0 Å². The fourth-order valence-corrected chi connectivity index (χ4v) is 12.1. The Morgan fingerprint density at radius 2 is 0.628 bits per heavy atom. The van der Waals surface area contributed by atoms with Crippen LogP contribution in [-0.2, 0) is 6.18 Å². The van der Waals surface area contributed by atoms with Gasteiger partial charge in [0.05, 0.1) is 50.6 Å². The van der Waals surface area contributed by atoms with E-state index in [0.29, 0.717) is 44.8 Å². The highest BCUT2D eigenvalue weighted by molar-refractivity contribution is 6.13. The molecule has 0 aliphatic heterocycles. The number of nitrogens with zero attached hydrogens (tertiary/aromatic N) is 6. The van der Waals surface area contributed by atoms with E-state index in [0.717, 1.165) is 94.3 Å². The lowest BCUT2D eigenvalue weighted by Gasteiger charge is -2.19. The van der Waals surface area contributed by atoms with Gasteiger partial charge < -0.3 is 9.13 Å². The molecule has 0 aliphatic rings. The minimum absolute atomic E-state index is 0.168. The van der Waals surface area contributed by atoms with Gasteiger partial charge in [-0.15, -0.1) is 0 Å². The van der Waals surface area contributed by atoms with Gasteiger partial charge in [0.25, 0.3) is 0 Å². The second kappa shape index (κ2) is 21.1. The van der Waals surface area contributed by atoms with Crippen molar-refractivity contribution in [3.63, 3.8) is 0 Å². The van der Waals surface area contributed by atoms with Crippen LogP contribution >= 0.6 is 0 Å². The maximum absolute atomic E-state index is 15.4. The average Bonchev–Trinajstić information content (AvgIpc) is 1.84. The van der Waals surface area contributed by atoms with Crippen LogP contribution in [0.25, 0.3) is 145 Å². The molecule has 0 atom stereocenters. The number of benzene rings is 12. The van der Waals surface area contributed by atoms with Gasteiger partial charge in [-0.2, -0.15) is 18.4 Å². The van der Waals surface area contributed by atoms with Gasteiger partial charge in [0.15, 0.2) is 17.5 Å². The summed E-state index contributed by atoms with van der Waals surface area (Å²) in [5.74, 6) is 0.779. The lowest BCUT2D eigenvalue weighted by Crippen LogP contribution is -2.09. The number of rotatable bonds is 10. The Balaban J connectivity index is 1.01. The number of halogens is 3. The number of aromatic nitrogens is 5. The lowest BCUT2D eigenvalue weighted by molar-refractivity contribution is -0.137. The van der Waals surface area contributed by atoms with Crippen molar-refractivity contribution in [2.45, 2.75) is 6.18 Å². The Labute approximate surface area is 493 Å². The molecular weight excluding hydrogens is 1070 g/mol. The van der Waals surface area contributed by atoms with Crippen molar-refractivity contribution < 1.29 is 13.2 Å². The van der Waals surface area contributed by atoms with Crippen LogP contribution in [0.15, 0.2) is 285 Å². The highest BCUT2D eigenvalue weighted by Crippen LogP contribution is 2.45. The second-order valence-electron chi connectivity index (χ2n) is 21.4. The Kier molecular flexibility index (Phi) is 12.6. The van der Waals surface area contributed by atoms with E-state index >= 15 is 13.2 Å². The number of fused-ring (bicyclic) bond motifs is 6. The number of alkyl halides is 3. The summed E-state index contributed by atoms with van der Waals surface area (Å²) in [4.78, 5) is 16.0. The largest absolute Gasteiger partial charge is 0.416 e. The highest BCUT2D eigenvalue weighted by atomic mass is 19.4. The molecule has 0 spiro atoms. The van der Waals surface area contributed by atoms with Crippen molar-refractivity contribution >= 4 is 43.6 Å². The summed E-state index contributed by atoms with van der Waals surface area (Å²) in [6.45, 7) is 0. The van der Waals surface area contributed by atoms with Crippen molar-refractivity contribution in [3.05, 3.63) is 296 Å². The third-order valence-corrected chi connectivity index (χ3v) is 16.3. The third kappa shape index (κ3) is 9.14. The minimum Gasteiger partial charge on any atom is -0.308 e. The van der Waals surface area contributed by atoms with E-state index in [-0.39, 0.29) is 17.3 Å². The molecule has 15 rings (SSSR count). The first kappa shape index (κ1) is 51.4. The average molecular weight is 1110 g/mol. The fourth-order valence-electron chi connectivity index (χ4n) is 12.1. The van der Waals surface area contributed by atoms with Crippen molar-refractivity contribution in [2.24, 2.45) is 0 Å². The van der Waals surface area contributed by atoms with Crippen LogP contribution in [0.2, 0.25) is 0 Å². The van der Waals surface area contributed by atoms with Gasteiger partial charge in [-0.05, 0) is 141 Å². The van der Waals surface area contributed by atoms with Crippen molar-refractivity contribution in [1.29, 1.82) is 5.26 Å². The predicted molar refractivity (Wildman–Crippen MR) is 342 cm³/mol. The molecule has 9 heteroatoms.